The Morgan fingerprint density at radius 1 is 1.00 bits per heavy atom. The van der Waals surface area contributed by atoms with Crippen LogP contribution in [0.1, 0.15) is 44.9 Å². The number of nitrogens with zero attached hydrogens (tertiary/aromatic N) is 1. The summed E-state index contributed by atoms with van der Waals surface area (Å²) >= 11 is 0. The lowest BCUT2D eigenvalue weighted by atomic mass is 10.1. The molecule has 0 radical (unpaired) electrons. The largest absolute Gasteiger partial charge is 0.385 e. The van der Waals surface area contributed by atoms with Crippen LogP contribution in [0.25, 0.3) is 0 Å². The Labute approximate surface area is 98.9 Å². The second kappa shape index (κ2) is 10.9. The van der Waals surface area contributed by atoms with Gasteiger partial charge in [-0.3, -0.25) is 9.63 Å². The van der Waals surface area contributed by atoms with Gasteiger partial charge in [0.2, 0.25) is 5.91 Å². The normalized spacial score (nSPS) is 10.4. The van der Waals surface area contributed by atoms with E-state index in [9.17, 15) is 4.79 Å². The minimum atomic E-state index is 0.0573. The highest BCUT2D eigenvalue weighted by molar-refractivity contribution is 5.74. The fourth-order valence-corrected chi connectivity index (χ4v) is 1.49. The molecule has 0 heterocycles. The van der Waals surface area contributed by atoms with Crippen LogP contribution in [0.5, 0.6) is 0 Å². The summed E-state index contributed by atoms with van der Waals surface area (Å²) in [5.41, 5.74) is 0. The van der Waals surface area contributed by atoms with E-state index >= 15 is 0 Å². The van der Waals surface area contributed by atoms with Crippen molar-refractivity contribution in [2.75, 3.05) is 27.9 Å². The third-order valence-electron chi connectivity index (χ3n) is 2.61. The average Bonchev–Trinajstić information content (AvgIpc) is 2.31. The third kappa shape index (κ3) is 8.68. The van der Waals surface area contributed by atoms with Crippen LogP contribution in [-0.2, 0) is 14.4 Å². The zero-order valence-corrected chi connectivity index (χ0v) is 10.8. The number of carbonyl (C=O) groups is 1. The van der Waals surface area contributed by atoms with Gasteiger partial charge in [0.25, 0.3) is 0 Å². The molecule has 0 atom stereocenters. The molecule has 4 nitrogen and oxygen atoms in total. The molecule has 0 aliphatic rings. The smallest absolute Gasteiger partial charge is 0.245 e. The van der Waals surface area contributed by atoms with E-state index in [1.54, 1.807) is 14.2 Å². The van der Waals surface area contributed by atoms with Crippen molar-refractivity contribution in [2.24, 2.45) is 0 Å². The highest BCUT2D eigenvalue weighted by Gasteiger charge is 2.06. The maximum atomic E-state index is 11.3. The summed E-state index contributed by atoms with van der Waals surface area (Å²) in [6, 6.07) is 0. The van der Waals surface area contributed by atoms with E-state index in [0.717, 1.165) is 25.9 Å². The summed E-state index contributed by atoms with van der Waals surface area (Å²) in [6.07, 6.45) is 7.46. The number of hydrogen-bond donors (Lipinski definition) is 0. The van der Waals surface area contributed by atoms with Crippen molar-refractivity contribution in [1.82, 2.24) is 5.06 Å². The highest BCUT2D eigenvalue weighted by atomic mass is 16.7. The zero-order chi connectivity index (χ0) is 12.2. The van der Waals surface area contributed by atoms with Gasteiger partial charge in [-0.2, -0.15) is 0 Å². The average molecular weight is 231 g/mol. The molecule has 0 saturated carbocycles. The van der Waals surface area contributed by atoms with E-state index in [1.165, 1.54) is 31.4 Å². The molecule has 0 bridgehead atoms. The van der Waals surface area contributed by atoms with Gasteiger partial charge in [0.15, 0.2) is 0 Å². The first-order valence-electron chi connectivity index (χ1n) is 6.02. The quantitative estimate of drug-likeness (QED) is 0.428. The molecule has 0 fully saturated rings. The first kappa shape index (κ1) is 15.4. The van der Waals surface area contributed by atoms with Crippen molar-refractivity contribution >= 4 is 5.91 Å². The lowest BCUT2D eigenvalue weighted by Gasteiger charge is -2.12. The van der Waals surface area contributed by atoms with Gasteiger partial charge in [-0.05, 0) is 12.8 Å². The fraction of sp³-hybridized carbons (Fsp3) is 0.917. The number of methoxy groups -OCH3 is 1. The lowest BCUT2D eigenvalue weighted by molar-refractivity contribution is -0.168. The molecular weight excluding hydrogens is 206 g/mol. The molecule has 96 valence electrons. The molecular formula is C12H25NO3. The van der Waals surface area contributed by atoms with Gasteiger partial charge in [0, 0.05) is 27.2 Å². The Morgan fingerprint density at radius 3 is 2.12 bits per heavy atom. The molecule has 0 unspecified atom stereocenters. The van der Waals surface area contributed by atoms with Crippen molar-refractivity contribution in [3.8, 4) is 0 Å². The van der Waals surface area contributed by atoms with Gasteiger partial charge in [-0.15, -0.1) is 0 Å². The van der Waals surface area contributed by atoms with Crippen LogP contribution in [0.3, 0.4) is 0 Å². The molecule has 0 spiro atoms. The van der Waals surface area contributed by atoms with Crippen molar-refractivity contribution < 1.29 is 14.4 Å². The maximum absolute atomic E-state index is 11.3. The Balaban J connectivity index is 3.18. The minimum Gasteiger partial charge on any atom is -0.385 e. The summed E-state index contributed by atoms with van der Waals surface area (Å²) in [6.45, 7) is 0.858. The van der Waals surface area contributed by atoms with Gasteiger partial charge >= 0.3 is 0 Å². The molecule has 0 aromatic heterocycles. The number of hydrogen-bond acceptors (Lipinski definition) is 3. The summed E-state index contributed by atoms with van der Waals surface area (Å²) in [5.74, 6) is 0.0573. The SMILES string of the molecule is COCCCCCCCCC(=O)N(C)OC. The van der Waals surface area contributed by atoms with E-state index in [1.807, 2.05) is 0 Å². The molecule has 0 aliphatic carbocycles. The first-order valence-corrected chi connectivity index (χ1v) is 6.02. The Hall–Kier alpha value is -0.610. The van der Waals surface area contributed by atoms with E-state index in [4.69, 9.17) is 9.57 Å². The number of amides is 1. The van der Waals surface area contributed by atoms with Crippen LogP contribution >= 0.6 is 0 Å². The molecule has 0 saturated heterocycles. The monoisotopic (exact) mass is 231 g/mol. The number of rotatable bonds is 10. The zero-order valence-electron chi connectivity index (χ0n) is 10.8. The van der Waals surface area contributed by atoms with Crippen molar-refractivity contribution in [3.63, 3.8) is 0 Å². The Morgan fingerprint density at radius 2 is 1.56 bits per heavy atom. The third-order valence-corrected chi connectivity index (χ3v) is 2.61. The molecule has 1 amide bonds. The van der Waals surface area contributed by atoms with Crippen LogP contribution in [0.2, 0.25) is 0 Å². The molecule has 16 heavy (non-hydrogen) atoms. The van der Waals surface area contributed by atoms with Crippen LogP contribution in [0.15, 0.2) is 0 Å². The highest BCUT2D eigenvalue weighted by Crippen LogP contribution is 2.08. The topological polar surface area (TPSA) is 38.8 Å². The predicted molar refractivity (Wildman–Crippen MR) is 64.0 cm³/mol. The number of unbranched alkanes of at least 4 members (excludes halogenated alkanes) is 5. The minimum absolute atomic E-state index is 0.0573. The predicted octanol–water partition coefficient (Wildman–Crippen LogP) is 2.38. The van der Waals surface area contributed by atoms with Crippen molar-refractivity contribution in [1.29, 1.82) is 0 Å². The summed E-state index contributed by atoms with van der Waals surface area (Å²) < 4.78 is 4.98. The number of hydroxylamine groups is 2. The van der Waals surface area contributed by atoms with E-state index < -0.39 is 0 Å². The summed E-state index contributed by atoms with van der Waals surface area (Å²) in [7, 11) is 4.89. The second-order valence-corrected chi connectivity index (χ2v) is 3.94. The second-order valence-electron chi connectivity index (χ2n) is 3.94. The molecule has 4 heteroatoms. The van der Waals surface area contributed by atoms with Gasteiger partial charge in [-0.25, -0.2) is 5.06 Å². The molecule has 0 aliphatic heterocycles. The molecule has 0 rings (SSSR count). The molecule has 0 N–H and O–H groups in total. The summed E-state index contributed by atoms with van der Waals surface area (Å²) in [5, 5.41) is 1.29. The lowest BCUT2D eigenvalue weighted by Crippen LogP contribution is -2.24. The molecule has 0 aromatic rings. The van der Waals surface area contributed by atoms with Gasteiger partial charge in [0.05, 0.1) is 7.11 Å². The standard InChI is InChI=1S/C12H25NO3/c1-13(16-3)12(14)10-8-6-4-5-7-9-11-15-2/h4-11H2,1-3H3. The fourth-order valence-electron chi connectivity index (χ4n) is 1.49. The van der Waals surface area contributed by atoms with Crippen LogP contribution < -0.4 is 0 Å². The number of ether oxygens (including phenoxy) is 1. The van der Waals surface area contributed by atoms with Crippen LogP contribution in [0.4, 0.5) is 0 Å². The van der Waals surface area contributed by atoms with E-state index in [-0.39, 0.29) is 5.91 Å². The van der Waals surface area contributed by atoms with Gasteiger partial charge in [0.1, 0.15) is 0 Å². The van der Waals surface area contributed by atoms with Gasteiger partial charge in [-0.1, -0.05) is 25.7 Å². The van der Waals surface area contributed by atoms with E-state index in [0.29, 0.717) is 6.42 Å². The van der Waals surface area contributed by atoms with E-state index in [2.05, 4.69) is 0 Å². The molecule has 0 aromatic carbocycles. The summed E-state index contributed by atoms with van der Waals surface area (Å²) in [4.78, 5) is 16.1. The Bertz CT molecular complexity index is 174. The first-order chi connectivity index (χ1) is 7.72. The number of carbonyl (C=O) groups excluding carboxylic acids is 1. The van der Waals surface area contributed by atoms with Crippen molar-refractivity contribution in [2.45, 2.75) is 44.9 Å². The Kier molecular flexibility index (Phi) is 10.5. The van der Waals surface area contributed by atoms with Gasteiger partial charge < -0.3 is 4.74 Å². The van der Waals surface area contributed by atoms with Crippen LogP contribution in [-0.4, -0.2) is 38.8 Å². The maximum Gasteiger partial charge on any atom is 0.245 e. The van der Waals surface area contributed by atoms with Crippen LogP contribution in [0, 0.1) is 0 Å². The van der Waals surface area contributed by atoms with Crippen molar-refractivity contribution in [3.05, 3.63) is 0 Å².